The van der Waals surface area contributed by atoms with Crippen molar-refractivity contribution in [1.29, 1.82) is 0 Å². The van der Waals surface area contributed by atoms with Gasteiger partial charge < -0.3 is 0 Å². The fraction of sp³-hybridized carbons (Fsp3) is 0.318. The number of fused-ring (bicyclic) bond motifs is 1. The second-order valence-corrected chi connectivity index (χ2v) is 6.92. The number of unbranched alkanes of at least 4 members (excludes halogenated alkanes) is 2. The van der Waals surface area contributed by atoms with Gasteiger partial charge >= 0.3 is 0 Å². The predicted octanol–water partition coefficient (Wildman–Crippen LogP) is 4.84. The molecule has 146 valence electrons. The summed E-state index contributed by atoms with van der Waals surface area (Å²) < 4.78 is 29.1. The lowest BCUT2D eigenvalue weighted by molar-refractivity contribution is -0.0166. The minimum absolute atomic E-state index is 0.0403. The van der Waals surface area contributed by atoms with Crippen molar-refractivity contribution in [1.82, 2.24) is 4.90 Å². The van der Waals surface area contributed by atoms with Gasteiger partial charge in [0.15, 0.2) is 5.78 Å². The fourth-order valence-electron chi connectivity index (χ4n) is 3.48. The van der Waals surface area contributed by atoms with Crippen LogP contribution in [0, 0.1) is 0 Å². The largest absolute Gasteiger partial charge is 0.294 e. The number of carbonyl (C=O) groups excluding carboxylic acids is 3. The van der Waals surface area contributed by atoms with Crippen LogP contribution >= 0.6 is 0 Å². The van der Waals surface area contributed by atoms with Gasteiger partial charge in [-0.25, -0.2) is 8.78 Å². The molecule has 0 bridgehead atoms. The number of carbonyl (C=O) groups is 3. The number of amides is 2. The van der Waals surface area contributed by atoms with Crippen LogP contribution in [0.1, 0.15) is 69.2 Å². The van der Waals surface area contributed by atoms with Gasteiger partial charge in [-0.2, -0.15) is 0 Å². The molecule has 3 rings (SSSR count). The number of halogens is 2. The highest BCUT2D eigenvalue weighted by molar-refractivity contribution is 6.21. The van der Waals surface area contributed by atoms with Gasteiger partial charge in [0.05, 0.1) is 11.1 Å². The van der Waals surface area contributed by atoms with Gasteiger partial charge in [0.2, 0.25) is 0 Å². The first-order chi connectivity index (χ1) is 13.3. The zero-order valence-electron chi connectivity index (χ0n) is 15.6. The third-order valence-electron chi connectivity index (χ3n) is 4.95. The Bertz CT molecular complexity index is 889. The first-order valence-corrected chi connectivity index (χ1v) is 9.26. The normalized spacial score (nSPS) is 13.8. The van der Waals surface area contributed by atoms with Gasteiger partial charge in [-0.15, -0.1) is 0 Å². The van der Waals surface area contributed by atoms with E-state index in [0.717, 1.165) is 0 Å². The summed E-state index contributed by atoms with van der Waals surface area (Å²) in [4.78, 5) is 37.3. The molecular weight excluding hydrogens is 364 g/mol. The Morgan fingerprint density at radius 3 is 2.07 bits per heavy atom. The average molecular weight is 385 g/mol. The van der Waals surface area contributed by atoms with E-state index < -0.39 is 5.92 Å². The van der Waals surface area contributed by atoms with Crippen molar-refractivity contribution in [2.24, 2.45) is 0 Å². The first-order valence-electron chi connectivity index (χ1n) is 9.26. The molecule has 0 saturated carbocycles. The quantitative estimate of drug-likeness (QED) is 0.371. The molecule has 4 nitrogen and oxygen atoms in total. The van der Waals surface area contributed by atoms with E-state index >= 15 is 0 Å². The second kappa shape index (κ2) is 8.00. The molecule has 0 fully saturated rings. The number of nitrogens with zero attached hydrogens (tertiary/aromatic N) is 1. The van der Waals surface area contributed by atoms with Crippen molar-refractivity contribution >= 4 is 17.6 Å². The number of ketones is 1. The number of hydrogen-bond acceptors (Lipinski definition) is 3. The highest BCUT2D eigenvalue weighted by atomic mass is 19.3. The lowest BCUT2D eigenvalue weighted by atomic mass is 9.95. The van der Waals surface area contributed by atoms with Crippen molar-refractivity contribution < 1.29 is 23.2 Å². The molecule has 0 N–H and O–H groups in total. The highest BCUT2D eigenvalue weighted by Crippen LogP contribution is 2.36. The number of imide groups is 1. The van der Waals surface area contributed by atoms with Crippen LogP contribution in [-0.2, 0) is 5.92 Å². The van der Waals surface area contributed by atoms with E-state index in [0.29, 0.717) is 24.0 Å². The van der Waals surface area contributed by atoms with E-state index in [-0.39, 0.29) is 48.1 Å². The van der Waals surface area contributed by atoms with Gasteiger partial charge in [-0.1, -0.05) is 42.8 Å². The summed E-state index contributed by atoms with van der Waals surface area (Å²) in [7, 11) is 0. The molecule has 0 radical (unpaired) electrons. The van der Waals surface area contributed by atoms with Crippen LogP contribution in [0.4, 0.5) is 8.78 Å². The van der Waals surface area contributed by atoms with Crippen LogP contribution < -0.4 is 0 Å². The van der Waals surface area contributed by atoms with Crippen LogP contribution in [0.3, 0.4) is 0 Å². The molecule has 2 amide bonds. The number of benzene rings is 2. The van der Waals surface area contributed by atoms with E-state index in [1.807, 2.05) is 0 Å². The maximum atomic E-state index is 14.5. The number of alkyl halides is 2. The molecule has 0 aromatic heterocycles. The molecule has 0 atom stereocenters. The van der Waals surface area contributed by atoms with Crippen molar-refractivity contribution in [2.75, 3.05) is 6.54 Å². The summed E-state index contributed by atoms with van der Waals surface area (Å²) in [6.45, 7) is 1.49. The van der Waals surface area contributed by atoms with Gasteiger partial charge in [0.25, 0.3) is 17.7 Å². The minimum atomic E-state index is -3.10. The molecule has 0 aliphatic carbocycles. The van der Waals surface area contributed by atoms with E-state index in [4.69, 9.17) is 0 Å². The zero-order chi connectivity index (χ0) is 20.3. The van der Waals surface area contributed by atoms with Gasteiger partial charge in [-0.05, 0) is 31.9 Å². The van der Waals surface area contributed by atoms with Crippen molar-refractivity contribution in [3.63, 3.8) is 0 Å². The molecule has 6 heteroatoms. The zero-order valence-corrected chi connectivity index (χ0v) is 15.6. The molecule has 0 spiro atoms. The van der Waals surface area contributed by atoms with E-state index in [1.54, 1.807) is 30.3 Å². The van der Waals surface area contributed by atoms with Crippen LogP contribution in [-0.4, -0.2) is 29.0 Å². The summed E-state index contributed by atoms with van der Waals surface area (Å²) in [6.07, 6.45) is 0.739. The maximum absolute atomic E-state index is 14.5. The van der Waals surface area contributed by atoms with E-state index in [1.165, 1.54) is 30.0 Å². The van der Waals surface area contributed by atoms with E-state index in [2.05, 4.69) is 0 Å². The minimum Gasteiger partial charge on any atom is -0.294 e. The van der Waals surface area contributed by atoms with Crippen LogP contribution in [0.15, 0.2) is 48.5 Å². The SMILES string of the molecule is CC(=O)c1ccccc1C(F)(F)CCCCCN1C(=O)c2ccccc2C1=O. The summed E-state index contributed by atoms with van der Waals surface area (Å²) >= 11 is 0. The molecule has 28 heavy (non-hydrogen) atoms. The molecule has 0 unspecified atom stereocenters. The molecule has 1 heterocycles. The summed E-state index contributed by atoms with van der Waals surface area (Å²) in [5.41, 5.74) is 0.570. The Balaban J connectivity index is 1.52. The molecule has 2 aromatic carbocycles. The van der Waals surface area contributed by atoms with Crippen molar-refractivity contribution in [3.8, 4) is 0 Å². The Morgan fingerprint density at radius 1 is 0.893 bits per heavy atom. The molecular formula is C22H21F2NO3. The summed E-state index contributed by atoms with van der Waals surface area (Å²) in [5, 5.41) is 0. The fourth-order valence-corrected chi connectivity index (χ4v) is 3.48. The Morgan fingerprint density at radius 2 is 1.46 bits per heavy atom. The van der Waals surface area contributed by atoms with Gasteiger partial charge in [0.1, 0.15) is 0 Å². The topological polar surface area (TPSA) is 54.5 Å². The monoisotopic (exact) mass is 385 g/mol. The number of hydrogen-bond donors (Lipinski definition) is 0. The standard InChI is InChI=1S/C22H21F2NO3/c1-15(26)16-9-5-6-12-19(16)22(23,24)13-7-2-8-14-25-20(27)17-10-3-4-11-18(17)21(25)28/h3-6,9-12H,2,7-8,13-14H2,1H3. The van der Waals surface area contributed by atoms with Gasteiger partial charge in [0, 0.05) is 24.1 Å². The van der Waals surface area contributed by atoms with E-state index in [9.17, 15) is 23.2 Å². The lowest BCUT2D eigenvalue weighted by Crippen LogP contribution is -2.30. The Hall–Kier alpha value is -2.89. The van der Waals surface area contributed by atoms with Crippen LogP contribution in [0.25, 0.3) is 0 Å². The lowest BCUT2D eigenvalue weighted by Gasteiger charge is -2.19. The van der Waals surface area contributed by atoms with Crippen molar-refractivity contribution in [2.45, 2.75) is 38.5 Å². The predicted molar refractivity (Wildman–Crippen MR) is 101 cm³/mol. The van der Waals surface area contributed by atoms with Crippen molar-refractivity contribution in [3.05, 3.63) is 70.8 Å². The molecule has 1 aliphatic heterocycles. The number of rotatable bonds is 8. The third-order valence-corrected chi connectivity index (χ3v) is 4.95. The Kier molecular flexibility index (Phi) is 5.68. The van der Waals surface area contributed by atoms with Crippen LogP contribution in [0.5, 0.6) is 0 Å². The molecule has 1 aliphatic rings. The molecule has 2 aromatic rings. The Labute approximate surface area is 162 Å². The molecule has 0 saturated heterocycles. The second-order valence-electron chi connectivity index (χ2n) is 6.92. The van der Waals surface area contributed by atoms with Crippen LogP contribution in [0.2, 0.25) is 0 Å². The summed E-state index contributed by atoms with van der Waals surface area (Å²) in [6, 6.07) is 12.4. The average Bonchev–Trinajstić information content (AvgIpc) is 2.92. The smallest absolute Gasteiger partial charge is 0.273 e. The maximum Gasteiger partial charge on any atom is 0.273 e. The number of Topliss-reactive ketones (excluding diaryl/α,β-unsaturated/α-hetero) is 1. The highest BCUT2D eigenvalue weighted by Gasteiger charge is 2.35. The first kappa shape index (κ1) is 19.9. The summed E-state index contributed by atoms with van der Waals surface area (Å²) in [5.74, 6) is -4.15. The van der Waals surface area contributed by atoms with Gasteiger partial charge in [-0.3, -0.25) is 19.3 Å². The third kappa shape index (κ3) is 3.86.